The van der Waals surface area contributed by atoms with Crippen LogP contribution in [0.15, 0.2) is 68.9 Å². The van der Waals surface area contributed by atoms with Crippen LogP contribution in [0.2, 0.25) is 0 Å². The molecule has 0 amide bonds. The highest BCUT2D eigenvalue weighted by Gasteiger charge is 2.32. The molecule has 0 bridgehead atoms. The van der Waals surface area contributed by atoms with E-state index in [0.717, 1.165) is 31.7 Å². The van der Waals surface area contributed by atoms with Crippen LogP contribution in [0.1, 0.15) is 19.8 Å². The van der Waals surface area contributed by atoms with Crippen molar-refractivity contribution in [1.82, 2.24) is 4.98 Å². The maximum absolute atomic E-state index is 13.2. The summed E-state index contributed by atoms with van der Waals surface area (Å²) < 4.78 is 37.9. The smallest absolute Gasteiger partial charge is 0.236 e. The van der Waals surface area contributed by atoms with Crippen molar-refractivity contribution in [3.63, 3.8) is 0 Å². The molecule has 1 aromatic heterocycles. The van der Waals surface area contributed by atoms with Crippen molar-refractivity contribution >= 4 is 15.7 Å². The molecule has 4 rings (SSSR count). The van der Waals surface area contributed by atoms with Gasteiger partial charge in [-0.2, -0.15) is 4.98 Å². The minimum Gasteiger partial charge on any atom is -0.494 e. The Hall–Kier alpha value is -2.80. The van der Waals surface area contributed by atoms with E-state index in [1.165, 1.54) is 0 Å². The van der Waals surface area contributed by atoms with Crippen LogP contribution in [-0.4, -0.2) is 33.1 Å². The molecule has 0 atom stereocenters. The van der Waals surface area contributed by atoms with Crippen molar-refractivity contribution < 1.29 is 17.6 Å². The summed E-state index contributed by atoms with van der Waals surface area (Å²) in [4.78, 5) is 6.58. The number of aromatic nitrogens is 1. The number of nitrogens with zero attached hydrogens (tertiary/aromatic N) is 2. The van der Waals surface area contributed by atoms with E-state index < -0.39 is 9.84 Å². The van der Waals surface area contributed by atoms with Gasteiger partial charge in [0.15, 0.2) is 0 Å². The molecular weight excluding hydrogens is 376 g/mol. The van der Waals surface area contributed by atoms with Crippen molar-refractivity contribution in [3.05, 3.63) is 54.6 Å². The first-order chi connectivity index (χ1) is 13.6. The van der Waals surface area contributed by atoms with E-state index in [9.17, 15) is 8.42 Å². The molecule has 0 saturated carbocycles. The lowest BCUT2D eigenvalue weighted by molar-refractivity contribution is 0.340. The summed E-state index contributed by atoms with van der Waals surface area (Å²) in [5.74, 6) is 1.36. The van der Waals surface area contributed by atoms with E-state index in [1.54, 1.807) is 30.3 Å². The largest absolute Gasteiger partial charge is 0.494 e. The molecule has 3 aromatic rings. The lowest BCUT2D eigenvalue weighted by atomic mass is 10.2. The zero-order valence-electron chi connectivity index (χ0n) is 15.7. The summed E-state index contributed by atoms with van der Waals surface area (Å²) in [7, 11) is -3.78. The topological polar surface area (TPSA) is 72.6 Å². The van der Waals surface area contributed by atoms with E-state index in [-0.39, 0.29) is 9.92 Å². The summed E-state index contributed by atoms with van der Waals surface area (Å²) in [5.41, 5.74) is 0.707. The van der Waals surface area contributed by atoms with Crippen LogP contribution in [0.5, 0.6) is 5.75 Å². The van der Waals surface area contributed by atoms with Crippen LogP contribution >= 0.6 is 0 Å². The van der Waals surface area contributed by atoms with Crippen LogP contribution in [-0.2, 0) is 9.84 Å². The van der Waals surface area contributed by atoms with E-state index in [4.69, 9.17) is 9.15 Å². The Kier molecular flexibility index (Phi) is 5.09. The Labute approximate surface area is 164 Å². The molecular formula is C21H22N2O4S. The van der Waals surface area contributed by atoms with Crippen LogP contribution < -0.4 is 9.64 Å². The van der Waals surface area contributed by atoms with Gasteiger partial charge in [0.05, 0.1) is 11.5 Å². The number of rotatable bonds is 6. The van der Waals surface area contributed by atoms with Gasteiger partial charge in [-0.3, -0.25) is 0 Å². The first-order valence-corrected chi connectivity index (χ1v) is 10.9. The van der Waals surface area contributed by atoms with Crippen LogP contribution in [0.3, 0.4) is 0 Å². The maximum Gasteiger partial charge on any atom is 0.236 e. The molecule has 0 aliphatic carbocycles. The molecule has 1 fully saturated rings. The number of hydrogen-bond donors (Lipinski definition) is 0. The first kappa shape index (κ1) is 18.6. The fourth-order valence-electron chi connectivity index (χ4n) is 3.29. The van der Waals surface area contributed by atoms with Crippen molar-refractivity contribution in [3.8, 4) is 17.2 Å². The Bertz CT molecular complexity index is 1040. The average Bonchev–Trinajstić information content (AvgIpc) is 3.39. The number of benzene rings is 2. The lowest BCUT2D eigenvalue weighted by Gasteiger charge is -2.14. The molecule has 6 nitrogen and oxygen atoms in total. The predicted molar refractivity (Wildman–Crippen MR) is 106 cm³/mol. The van der Waals surface area contributed by atoms with Gasteiger partial charge in [-0.05, 0) is 56.2 Å². The third-order valence-corrected chi connectivity index (χ3v) is 6.36. The second kappa shape index (κ2) is 7.67. The van der Waals surface area contributed by atoms with Gasteiger partial charge in [0.2, 0.25) is 26.6 Å². The highest BCUT2D eigenvalue weighted by Crippen LogP contribution is 2.36. The predicted octanol–water partition coefficient (Wildman–Crippen LogP) is 4.17. The monoisotopic (exact) mass is 398 g/mol. The van der Waals surface area contributed by atoms with Gasteiger partial charge in [0.25, 0.3) is 0 Å². The molecule has 146 valence electrons. The molecule has 1 aliphatic rings. The van der Waals surface area contributed by atoms with Gasteiger partial charge in [-0.1, -0.05) is 18.2 Å². The summed E-state index contributed by atoms with van der Waals surface area (Å²) in [6.07, 6.45) is 2.01. The Balaban J connectivity index is 1.79. The Morgan fingerprint density at radius 1 is 1.04 bits per heavy atom. The third kappa shape index (κ3) is 3.49. The number of oxazole rings is 1. The molecule has 2 heterocycles. The van der Waals surface area contributed by atoms with Crippen molar-refractivity contribution in [1.29, 1.82) is 0 Å². The van der Waals surface area contributed by atoms with Gasteiger partial charge >= 0.3 is 0 Å². The van der Waals surface area contributed by atoms with E-state index in [1.807, 2.05) is 36.1 Å². The second-order valence-electron chi connectivity index (χ2n) is 6.60. The lowest BCUT2D eigenvalue weighted by Crippen LogP contribution is -2.19. The summed E-state index contributed by atoms with van der Waals surface area (Å²) in [6.45, 7) is 4.02. The Morgan fingerprint density at radius 3 is 2.36 bits per heavy atom. The van der Waals surface area contributed by atoms with Crippen LogP contribution in [0, 0.1) is 0 Å². The number of anilines is 1. The quantitative estimate of drug-likeness (QED) is 0.620. The average molecular weight is 398 g/mol. The number of hydrogen-bond acceptors (Lipinski definition) is 6. The highest BCUT2D eigenvalue weighted by molar-refractivity contribution is 7.91. The zero-order valence-corrected chi connectivity index (χ0v) is 16.5. The maximum atomic E-state index is 13.2. The van der Waals surface area contributed by atoms with Gasteiger partial charge in [-0.25, -0.2) is 8.42 Å². The van der Waals surface area contributed by atoms with Crippen molar-refractivity contribution in [2.75, 3.05) is 24.6 Å². The van der Waals surface area contributed by atoms with Crippen molar-refractivity contribution in [2.24, 2.45) is 0 Å². The molecule has 0 N–H and O–H groups in total. The molecule has 2 aromatic carbocycles. The minimum atomic E-state index is -3.78. The van der Waals surface area contributed by atoms with Gasteiger partial charge in [0.1, 0.15) is 5.75 Å². The van der Waals surface area contributed by atoms with Gasteiger partial charge in [-0.15, -0.1) is 0 Å². The zero-order chi connectivity index (χ0) is 19.6. The van der Waals surface area contributed by atoms with E-state index in [0.29, 0.717) is 23.9 Å². The van der Waals surface area contributed by atoms with Crippen LogP contribution in [0.4, 0.5) is 5.88 Å². The number of sulfone groups is 1. The minimum absolute atomic E-state index is 0.0236. The first-order valence-electron chi connectivity index (χ1n) is 9.39. The SMILES string of the molecule is CCOc1ccc(-c2nc(S(=O)(=O)c3ccccc3)c(N3CCCC3)o2)cc1. The Morgan fingerprint density at radius 2 is 1.71 bits per heavy atom. The van der Waals surface area contributed by atoms with Crippen molar-refractivity contribution in [2.45, 2.75) is 29.7 Å². The molecule has 1 aliphatic heterocycles. The molecule has 1 saturated heterocycles. The molecule has 7 heteroatoms. The standard InChI is InChI=1S/C21H22N2O4S/c1-2-26-17-12-10-16(11-13-17)19-22-20(21(27-19)23-14-6-7-15-23)28(24,25)18-8-4-3-5-9-18/h3-5,8-13H,2,6-7,14-15H2,1H3. The summed E-state index contributed by atoms with van der Waals surface area (Å²) >= 11 is 0. The third-order valence-electron chi connectivity index (χ3n) is 4.69. The number of ether oxygens (including phenoxy) is 1. The second-order valence-corrected chi connectivity index (χ2v) is 8.46. The normalized spacial score (nSPS) is 14.4. The van der Waals surface area contributed by atoms with E-state index >= 15 is 0 Å². The molecule has 0 unspecified atom stereocenters. The summed E-state index contributed by atoms with van der Waals surface area (Å²) in [5, 5.41) is -0.0236. The summed E-state index contributed by atoms with van der Waals surface area (Å²) in [6, 6.07) is 15.6. The fraction of sp³-hybridized carbons (Fsp3) is 0.286. The van der Waals surface area contributed by atoms with Gasteiger partial charge < -0.3 is 14.1 Å². The molecule has 28 heavy (non-hydrogen) atoms. The highest BCUT2D eigenvalue weighted by atomic mass is 32.2. The molecule has 0 radical (unpaired) electrons. The van der Waals surface area contributed by atoms with E-state index in [2.05, 4.69) is 4.98 Å². The fourth-order valence-corrected chi connectivity index (χ4v) is 4.63. The van der Waals surface area contributed by atoms with Gasteiger partial charge in [0, 0.05) is 18.7 Å². The van der Waals surface area contributed by atoms with Crippen LogP contribution in [0.25, 0.3) is 11.5 Å². The molecule has 0 spiro atoms.